The van der Waals surface area contributed by atoms with Gasteiger partial charge in [0.05, 0.1) is 13.7 Å². The van der Waals surface area contributed by atoms with Gasteiger partial charge in [-0.25, -0.2) is 0 Å². The predicted octanol–water partition coefficient (Wildman–Crippen LogP) is 1.36. The van der Waals surface area contributed by atoms with Gasteiger partial charge in [-0.1, -0.05) is 17.7 Å². The number of aliphatic imine (C=N–C) groups is 1. The molecule has 20 heavy (non-hydrogen) atoms. The molecule has 1 rings (SSSR count). The van der Waals surface area contributed by atoms with Crippen LogP contribution in [0.25, 0.3) is 0 Å². The lowest BCUT2D eigenvalue weighted by Crippen LogP contribution is -2.39. The molecule has 0 saturated heterocycles. The standard InChI is InChI=1S/C15H25N3O2/c1-12-5-6-14(20-4)13(11-12)7-8-17-15(16-2)18-9-10-19-3/h5-6,11H,7-10H2,1-4H3,(H2,16,17,18). The summed E-state index contributed by atoms with van der Waals surface area (Å²) in [5.41, 5.74) is 2.44. The number of guanidine groups is 1. The summed E-state index contributed by atoms with van der Waals surface area (Å²) in [7, 11) is 5.14. The molecule has 0 amide bonds. The number of aryl methyl sites for hydroxylation is 1. The van der Waals surface area contributed by atoms with Crippen molar-refractivity contribution in [3.63, 3.8) is 0 Å². The van der Waals surface area contributed by atoms with Crippen LogP contribution in [0, 0.1) is 6.92 Å². The minimum absolute atomic E-state index is 0.659. The predicted molar refractivity (Wildman–Crippen MR) is 82.7 cm³/mol. The van der Waals surface area contributed by atoms with Crippen LogP contribution in [-0.4, -0.2) is 46.9 Å². The number of hydrogen-bond donors (Lipinski definition) is 2. The van der Waals surface area contributed by atoms with Crippen molar-refractivity contribution >= 4 is 5.96 Å². The molecule has 0 heterocycles. The van der Waals surface area contributed by atoms with E-state index in [-0.39, 0.29) is 0 Å². The average Bonchev–Trinajstić information content (AvgIpc) is 2.46. The third-order valence-electron chi connectivity index (χ3n) is 2.94. The van der Waals surface area contributed by atoms with E-state index >= 15 is 0 Å². The van der Waals surface area contributed by atoms with E-state index in [4.69, 9.17) is 9.47 Å². The quantitative estimate of drug-likeness (QED) is 0.449. The number of ether oxygens (including phenoxy) is 2. The molecule has 0 fully saturated rings. The van der Waals surface area contributed by atoms with Gasteiger partial charge in [-0.15, -0.1) is 0 Å². The van der Waals surface area contributed by atoms with Gasteiger partial charge in [0.25, 0.3) is 0 Å². The van der Waals surface area contributed by atoms with Crippen molar-refractivity contribution in [2.45, 2.75) is 13.3 Å². The van der Waals surface area contributed by atoms with Crippen LogP contribution in [0.4, 0.5) is 0 Å². The Bertz CT molecular complexity index is 433. The fourth-order valence-electron chi connectivity index (χ4n) is 1.91. The van der Waals surface area contributed by atoms with Crippen molar-refractivity contribution in [3.05, 3.63) is 29.3 Å². The Kier molecular flexibility index (Phi) is 7.50. The monoisotopic (exact) mass is 279 g/mol. The minimum Gasteiger partial charge on any atom is -0.496 e. The SMILES string of the molecule is CN=C(NCCOC)NCCc1cc(C)ccc1OC. The maximum Gasteiger partial charge on any atom is 0.191 e. The summed E-state index contributed by atoms with van der Waals surface area (Å²) in [5, 5.41) is 6.45. The van der Waals surface area contributed by atoms with Gasteiger partial charge < -0.3 is 20.1 Å². The zero-order valence-electron chi connectivity index (χ0n) is 12.8. The second kappa shape index (κ2) is 9.20. The van der Waals surface area contributed by atoms with Crippen molar-refractivity contribution in [2.24, 2.45) is 4.99 Å². The largest absolute Gasteiger partial charge is 0.496 e. The fourth-order valence-corrected chi connectivity index (χ4v) is 1.91. The highest BCUT2D eigenvalue weighted by molar-refractivity contribution is 5.79. The molecule has 5 nitrogen and oxygen atoms in total. The van der Waals surface area contributed by atoms with Crippen molar-refractivity contribution in [3.8, 4) is 5.75 Å². The number of nitrogens with zero attached hydrogens (tertiary/aromatic N) is 1. The zero-order chi connectivity index (χ0) is 14.8. The lowest BCUT2D eigenvalue weighted by atomic mass is 10.1. The lowest BCUT2D eigenvalue weighted by molar-refractivity contribution is 0.203. The lowest BCUT2D eigenvalue weighted by Gasteiger charge is -2.13. The van der Waals surface area contributed by atoms with E-state index in [1.165, 1.54) is 11.1 Å². The molecule has 0 saturated carbocycles. The molecule has 0 spiro atoms. The van der Waals surface area contributed by atoms with E-state index < -0.39 is 0 Å². The molecule has 1 aromatic rings. The topological polar surface area (TPSA) is 54.9 Å². The first-order valence-corrected chi connectivity index (χ1v) is 6.78. The summed E-state index contributed by atoms with van der Waals surface area (Å²) in [4.78, 5) is 4.16. The van der Waals surface area contributed by atoms with Crippen molar-refractivity contribution in [1.82, 2.24) is 10.6 Å². The van der Waals surface area contributed by atoms with Crippen LogP contribution < -0.4 is 15.4 Å². The van der Waals surface area contributed by atoms with E-state index in [0.29, 0.717) is 6.61 Å². The highest BCUT2D eigenvalue weighted by atomic mass is 16.5. The molecule has 0 aliphatic rings. The Hall–Kier alpha value is -1.75. The first kappa shape index (κ1) is 16.3. The normalized spacial score (nSPS) is 11.3. The Morgan fingerprint density at radius 2 is 1.95 bits per heavy atom. The Labute approximate surface area is 121 Å². The maximum absolute atomic E-state index is 5.37. The number of rotatable bonds is 7. The molecule has 0 aliphatic heterocycles. The second-order valence-electron chi connectivity index (χ2n) is 4.48. The molecule has 0 radical (unpaired) electrons. The Morgan fingerprint density at radius 3 is 2.60 bits per heavy atom. The molecule has 0 atom stereocenters. The van der Waals surface area contributed by atoms with Crippen molar-refractivity contribution in [1.29, 1.82) is 0 Å². The van der Waals surface area contributed by atoms with E-state index in [1.54, 1.807) is 21.3 Å². The van der Waals surface area contributed by atoms with Gasteiger partial charge in [0.1, 0.15) is 5.75 Å². The summed E-state index contributed by atoms with van der Waals surface area (Å²) >= 11 is 0. The second-order valence-corrected chi connectivity index (χ2v) is 4.48. The van der Waals surface area contributed by atoms with Gasteiger partial charge in [0.15, 0.2) is 5.96 Å². The number of hydrogen-bond acceptors (Lipinski definition) is 3. The molecule has 0 aliphatic carbocycles. The average molecular weight is 279 g/mol. The summed E-state index contributed by atoms with van der Waals surface area (Å²) in [6.45, 7) is 4.28. The van der Waals surface area contributed by atoms with Gasteiger partial charge in [-0.2, -0.15) is 0 Å². The summed E-state index contributed by atoms with van der Waals surface area (Å²) in [6.07, 6.45) is 0.885. The molecule has 2 N–H and O–H groups in total. The molecule has 0 unspecified atom stereocenters. The maximum atomic E-state index is 5.37. The van der Waals surface area contributed by atoms with Crippen molar-refractivity contribution in [2.75, 3.05) is 41.0 Å². The van der Waals surface area contributed by atoms with Crippen LogP contribution in [0.15, 0.2) is 23.2 Å². The van der Waals surface area contributed by atoms with Crippen molar-refractivity contribution < 1.29 is 9.47 Å². The third kappa shape index (κ3) is 5.48. The van der Waals surface area contributed by atoms with Crippen LogP contribution in [0.1, 0.15) is 11.1 Å². The molecule has 1 aromatic carbocycles. The van der Waals surface area contributed by atoms with Crippen LogP contribution >= 0.6 is 0 Å². The smallest absolute Gasteiger partial charge is 0.191 e. The number of benzene rings is 1. The fraction of sp³-hybridized carbons (Fsp3) is 0.533. The Balaban J connectivity index is 2.45. The van der Waals surface area contributed by atoms with Crippen LogP contribution in [0.2, 0.25) is 0 Å². The number of methoxy groups -OCH3 is 2. The molecule has 0 bridgehead atoms. The van der Waals surface area contributed by atoms with Crippen LogP contribution in [0.3, 0.4) is 0 Å². The van der Waals surface area contributed by atoms with Gasteiger partial charge in [-0.3, -0.25) is 4.99 Å². The summed E-state index contributed by atoms with van der Waals surface area (Å²) < 4.78 is 10.4. The zero-order valence-corrected chi connectivity index (χ0v) is 12.8. The third-order valence-corrected chi connectivity index (χ3v) is 2.94. The van der Waals surface area contributed by atoms with E-state index in [0.717, 1.165) is 31.2 Å². The van der Waals surface area contributed by atoms with Gasteiger partial charge in [0, 0.05) is 27.2 Å². The highest BCUT2D eigenvalue weighted by Crippen LogP contribution is 2.19. The van der Waals surface area contributed by atoms with E-state index in [2.05, 4.69) is 34.7 Å². The van der Waals surface area contributed by atoms with E-state index in [1.807, 2.05) is 6.07 Å². The molecule has 0 aromatic heterocycles. The Morgan fingerprint density at radius 1 is 1.20 bits per heavy atom. The molecule has 5 heteroatoms. The summed E-state index contributed by atoms with van der Waals surface area (Å²) in [5.74, 6) is 1.72. The summed E-state index contributed by atoms with van der Waals surface area (Å²) in [6, 6.07) is 6.22. The van der Waals surface area contributed by atoms with E-state index in [9.17, 15) is 0 Å². The molecular formula is C15H25N3O2. The first-order valence-electron chi connectivity index (χ1n) is 6.78. The van der Waals surface area contributed by atoms with Crippen LogP contribution in [-0.2, 0) is 11.2 Å². The van der Waals surface area contributed by atoms with Gasteiger partial charge in [0.2, 0.25) is 0 Å². The number of nitrogens with one attached hydrogen (secondary N) is 2. The molecular weight excluding hydrogens is 254 g/mol. The van der Waals surface area contributed by atoms with Crippen LogP contribution in [0.5, 0.6) is 5.75 Å². The van der Waals surface area contributed by atoms with Gasteiger partial charge in [-0.05, 0) is 25.0 Å². The minimum atomic E-state index is 0.659. The highest BCUT2D eigenvalue weighted by Gasteiger charge is 2.03. The first-order chi connectivity index (χ1) is 9.71. The molecule has 112 valence electrons. The van der Waals surface area contributed by atoms with Gasteiger partial charge >= 0.3 is 0 Å².